The maximum absolute atomic E-state index is 12.8. The van der Waals surface area contributed by atoms with Crippen LogP contribution in [0.2, 0.25) is 10.0 Å². The Morgan fingerprint density at radius 1 is 1.21 bits per heavy atom. The van der Waals surface area contributed by atoms with Crippen molar-refractivity contribution in [1.82, 2.24) is 10.2 Å². The monoisotopic (exact) mass is 458 g/mol. The first-order valence-electron chi connectivity index (χ1n) is 9.57. The minimum atomic E-state index is -1.83. The van der Waals surface area contributed by atoms with Crippen molar-refractivity contribution in [3.8, 4) is 0 Å². The smallest absolute Gasteiger partial charge is 0.255 e. The van der Waals surface area contributed by atoms with Crippen LogP contribution in [0.4, 0.5) is 0 Å². The van der Waals surface area contributed by atoms with E-state index >= 15 is 0 Å². The number of aliphatic hydroxyl groups is 2. The van der Waals surface area contributed by atoms with E-state index in [0.29, 0.717) is 34.8 Å². The van der Waals surface area contributed by atoms with E-state index in [9.17, 15) is 19.8 Å². The molecule has 2 aliphatic heterocycles. The molecule has 29 heavy (non-hydrogen) atoms. The molecule has 6 nitrogen and oxygen atoms in total. The van der Waals surface area contributed by atoms with Gasteiger partial charge >= 0.3 is 0 Å². The van der Waals surface area contributed by atoms with E-state index in [0.717, 1.165) is 24.8 Å². The highest BCUT2D eigenvalue weighted by molar-refractivity contribution is 8.03. The van der Waals surface area contributed by atoms with Crippen LogP contribution in [0.1, 0.15) is 37.3 Å². The molecule has 9 heteroatoms. The first-order chi connectivity index (χ1) is 13.9. The van der Waals surface area contributed by atoms with E-state index in [1.807, 2.05) is 5.41 Å². The lowest BCUT2D eigenvalue weighted by atomic mass is 10.0. The first-order valence-corrected chi connectivity index (χ1v) is 11.3. The summed E-state index contributed by atoms with van der Waals surface area (Å²) in [4.78, 5) is 26.4. The Balaban J connectivity index is 1.57. The molecule has 0 aromatic heterocycles. The number of rotatable bonds is 7. The highest BCUT2D eigenvalue weighted by Gasteiger charge is 2.38. The highest BCUT2D eigenvalue weighted by atomic mass is 35.5. The fourth-order valence-corrected chi connectivity index (χ4v) is 5.13. The summed E-state index contributed by atoms with van der Waals surface area (Å²) in [5.41, 5.74) is 0.766. The third kappa shape index (κ3) is 5.67. The summed E-state index contributed by atoms with van der Waals surface area (Å²) in [5.74, 6) is -1.43. The molecular formula is C20H24Cl2N2O4S. The lowest BCUT2D eigenvalue weighted by molar-refractivity contribution is -0.153. The molecule has 0 spiro atoms. The zero-order valence-electron chi connectivity index (χ0n) is 15.8. The number of hydrogen-bond donors (Lipinski definition) is 3. The molecule has 1 aromatic carbocycles. The van der Waals surface area contributed by atoms with Gasteiger partial charge in [0.25, 0.3) is 11.8 Å². The molecule has 0 bridgehead atoms. The molecule has 0 saturated carbocycles. The van der Waals surface area contributed by atoms with Gasteiger partial charge in [-0.15, -0.1) is 11.8 Å². The number of benzene rings is 1. The summed E-state index contributed by atoms with van der Waals surface area (Å²) in [6, 6.07) is 4.76. The Morgan fingerprint density at radius 3 is 2.59 bits per heavy atom. The van der Waals surface area contributed by atoms with Gasteiger partial charge in [0, 0.05) is 28.4 Å². The van der Waals surface area contributed by atoms with Gasteiger partial charge in [0.15, 0.2) is 12.2 Å². The SMILES string of the molecule is O=C(NCCC1CC=CS1)[C@H](O)[C@@H](O)C(=O)N1CCC[C@@H]1c1cc(Cl)cc(Cl)c1. The number of carbonyl (C=O) groups excluding carboxylic acids is 2. The molecule has 158 valence electrons. The second-order valence-electron chi connectivity index (χ2n) is 7.23. The lowest BCUT2D eigenvalue weighted by Gasteiger charge is -2.29. The summed E-state index contributed by atoms with van der Waals surface area (Å²) in [6.45, 7) is 0.800. The molecule has 0 aliphatic carbocycles. The number of nitrogens with one attached hydrogen (secondary N) is 1. The number of likely N-dealkylation sites (tertiary alicyclic amines) is 1. The summed E-state index contributed by atoms with van der Waals surface area (Å²) in [5, 5.41) is 26.5. The van der Waals surface area contributed by atoms with Crippen molar-refractivity contribution < 1.29 is 19.8 Å². The quantitative estimate of drug-likeness (QED) is 0.584. The van der Waals surface area contributed by atoms with Crippen LogP contribution in [0.3, 0.4) is 0 Å². The Bertz CT molecular complexity index is 763. The number of hydrogen-bond acceptors (Lipinski definition) is 5. The van der Waals surface area contributed by atoms with E-state index in [4.69, 9.17) is 23.2 Å². The van der Waals surface area contributed by atoms with Gasteiger partial charge in [-0.1, -0.05) is 29.3 Å². The maximum Gasteiger partial charge on any atom is 0.255 e. The molecule has 2 amide bonds. The van der Waals surface area contributed by atoms with Gasteiger partial charge in [-0.2, -0.15) is 0 Å². The van der Waals surface area contributed by atoms with Crippen LogP contribution in [0.5, 0.6) is 0 Å². The number of halogens is 2. The van der Waals surface area contributed by atoms with Gasteiger partial charge in [-0.25, -0.2) is 0 Å². The molecule has 1 aromatic rings. The third-order valence-corrected chi connectivity index (χ3v) is 6.76. The number of nitrogens with zero attached hydrogens (tertiary/aromatic N) is 1. The van der Waals surface area contributed by atoms with Gasteiger partial charge in [0.2, 0.25) is 0 Å². The van der Waals surface area contributed by atoms with Crippen LogP contribution < -0.4 is 5.32 Å². The van der Waals surface area contributed by atoms with Crippen molar-refractivity contribution in [3.63, 3.8) is 0 Å². The summed E-state index contributed by atoms with van der Waals surface area (Å²) in [7, 11) is 0. The van der Waals surface area contributed by atoms with Gasteiger partial charge in [0.1, 0.15) is 0 Å². The van der Waals surface area contributed by atoms with Gasteiger partial charge in [0.05, 0.1) is 6.04 Å². The molecule has 1 unspecified atom stereocenters. The summed E-state index contributed by atoms with van der Waals surface area (Å²) >= 11 is 13.8. The Labute approximate surface area is 184 Å². The van der Waals surface area contributed by atoms with Crippen molar-refractivity contribution >= 4 is 46.8 Å². The molecule has 3 rings (SSSR count). The summed E-state index contributed by atoms with van der Waals surface area (Å²) < 4.78 is 0. The number of carbonyl (C=O) groups is 2. The van der Waals surface area contributed by atoms with Crippen LogP contribution >= 0.6 is 35.0 Å². The predicted octanol–water partition coefficient (Wildman–Crippen LogP) is 2.90. The minimum Gasteiger partial charge on any atom is -0.380 e. The van der Waals surface area contributed by atoms with Crippen LogP contribution in [-0.2, 0) is 9.59 Å². The van der Waals surface area contributed by atoms with E-state index in [1.54, 1.807) is 30.0 Å². The molecular weight excluding hydrogens is 435 g/mol. The second kappa shape index (κ2) is 10.2. The van der Waals surface area contributed by atoms with E-state index in [2.05, 4.69) is 11.4 Å². The average Bonchev–Trinajstić information content (AvgIpc) is 3.37. The number of amides is 2. The predicted molar refractivity (Wildman–Crippen MR) is 115 cm³/mol. The van der Waals surface area contributed by atoms with Crippen molar-refractivity contribution in [2.45, 2.75) is 49.2 Å². The standard InChI is InChI=1S/C20H24Cl2N2O4S/c21-13-9-12(10-14(22)11-13)16-4-1-7-24(16)20(28)18(26)17(25)19(27)23-6-5-15-3-2-8-29-15/h2,8-11,15-18,25-26H,1,3-7H2,(H,23,27)/t15?,16-,17-,18-/m1/s1. The Hall–Kier alpha value is -1.25. The lowest BCUT2D eigenvalue weighted by Crippen LogP contribution is -2.50. The third-order valence-electron chi connectivity index (χ3n) is 5.16. The molecule has 2 aliphatic rings. The van der Waals surface area contributed by atoms with Gasteiger partial charge in [-0.05, 0) is 54.9 Å². The normalized spacial score (nSPS) is 23.2. The fraction of sp³-hybridized carbons (Fsp3) is 0.500. The van der Waals surface area contributed by atoms with Crippen LogP contribution in [0.15, 0.2) is 29.7 Å². The van der Waals surface area contributed by atoms with Crippen LogP contribution in [-0.4, -0.2) is 57.5 Å². The molecule has 1 fully saturated rings. The van der Waals surface area contributed by atoms with E-state index < -0.39 is 24.0 Å². The van der Waals surface area contributed by atoms with Crippen molar-refractivity contribution in [1.29, 1.82) is 0 Å². The van der Waals surface area contributed by atoms with Gasteiger partial charge < -0.3 is 20.4 Å². The fourth-order valence-electron chi connectivity index (χ4n) is 3.67. The zero-order valence-corrected chi connectivity index (χ0v) is 18.1. The van der Waals surface area contributed by atoms with Crippen molar-refractivity contribution in [2.75, 3.05) is 13.1 Å². The van der Waals surface area contributed by atoms with Crippen LogP contribution in [0.25, 0.3) is 0 Å². The minimum absolute atomic E-state index is 0.310. The van der Waals surface area contributed by atoms with Gasteiger partial charge in [-0.3, -0.25) is 9.59 Å². The zero-order chi connectivity index (χ0) is 21.0. The largest absolute Gasteiger partial charge is 0.380 e. The Morgan fingerprint density at radius 2 is 1.93 bits per heavy atom. The van der Waals surface area contributed by atoms with Crippen LogP contribution in [0, 0.1) is 0 Å². The van der Waals surface area contributed by atoms with Crippen molar-refractivity contribution in [3.05, 3.63) is 45.3 Å². The molecule has 3 N–H and O–H groups in total. The Kier molecular flexibility index (Phi) is 7.87. The average molecular weight is 459 g/mol. The molecule has 0 radical (unpaired) electrons. The maximum atomic E-state index is 12.8. The highest BCUT2D eigenvalue weighted by Crippen LogP contribution is 2.35. The van der Waals surface area contributed by atoms with E-state index in [1.165, 1.54) is 4.90 Å². The molecule has 2 heterocycles. The second-order valence-corrected chi connectivity index (χ2v) is 9.31. The molecule has 4 atom stereocenters. The van der Waals surface area contributed by atoms with E-state index in [-0.39, 0.29) is 6.04 Å². The number of allylic oxidation sites excluding steroid dienone is 1. The number of thioether (sulfide) groups is 1. The van der Waals surface area contributed by atoms with Crippen molar-refractivity contribution in [2.24, 2.45) is 0 Å². The molecule has 1 saturated heterocycles. The summed E-state index contributed by atoms with van der Waals surface area (Å²) in [6.07, 6.45) is 1.56. The number of aliphatic hydroxyl groups excluding tert-OH is 2. The first kappa shape index (κ1) is 22.4. The topological polar surface area (TPSA) is 89.9 Å².